The van der Waals surface area contributed by atoms with Gasteiger partial charge in [-0.1, -0.05) is 18.6 Å². The number of benzene rings is 2. The van der Waals surface area contributed by atoms with Crippen LogP contribution in [-0.4, -0.2) is 11.6 Å². The summed E-state index contributed by atoms with van der Waals surface area (Å²) in [6.45, 7) is 3.87. The molecule has 0 atom stereocenters. The van der Waals surface area contributed by atoms with Gasteiger partial charge in [-0.2, -0.15) is 0 Å². The fourth-order valence-corrected chi connectivity index (χ4v) is 4.68. The molecular formula is C24H24FNO3. The van der Waals surface area contributed by atoms with Crippen molar-refractivity contribution in [3.8, 4) is 5.75 Å². The monoisotopic (exact) mass is 393 g/mol. The van der Waals surface area contributed by atoms with Gasteiger partial charge in [-0.25, -0.2) is 9.18 Å². The van der Waals surface area contributed by atoms with Gasteiger partial charge in [0, 0.05) is 35.2 Å². The van der Waals surface area contributed by atoms with Crippen LogP contribution in [0.4, 0.5) is 4.39 Å². The van der Waals surface area contributed by atoms with Gasteiger partial charge in [-0.05, 0) is 61.9 Å². The third-order valence-corrected chi connectivity index (χ3v) is 6.12. The molecule has 2 aliphatic rings. The SMILES string of the molecule is Cc1c2c(cc3c4c(c(=O)oc13)CCCCC4)CN(Cc1ccc(F)cc1)CO2. The molecule has 0 N–H and O–H groups in total. The number of aryl methyl sites for hydroxylation is 2. The quantitative estimate of drug-likeness (QED) is 0.461. The molecule has 0 fully saturated rings. The molecule has 0 amide bonds. The maximum absolute atomic E-state index is 13.2. The Balaban J connectivity index is 1.54. The summed E-state index contributed by atoms with van der Waals surface area (Å²) in [5.41, 5.74) is 5.57. The third-order valence-electron chi connectivity index (χ3n) is 6.12. The zero-order valence-corrected chi connectivity index (χ0v) is 16.6. The van der Waals surface area contributed by atoms with Gasteiger partial charge in [0.2, 0.25) is 0 Å². The van der Waals surface area contributed by atoms with Crippen molar-refractivity contribution in [2.75, 3.05) is 6.73 Å². The molecule has 29 heavy (non-hydrogen) atoms. The van der Waals surface area contributed by atoms with Crippen LogP contribution in [0.3, 0.4) is 0 Å². The highest BCUT2D eigenvalue weighted by atomic mass is 19.1. The van der Waals surface area contributed by atoms with E-state index in [-0.39, 0.29) is 11.4 Å². The van der Waals surface area contributed by atoms with E-state index < -0.39 is 0 Å². The van der Waals surface area contributed by atoms with Gasteiger partial charge < -0.3 is 9.15 Å². The van der Waals surface area contributed by atoms with Gasteiger partial charge in [0.05, 0.1) is 0 Å². The summed E-state index contributed by atoms with van der Waals surface area (Å²) in [4.78, 5) is 14.8. The summed E-state index contributed by atoms with van der Waals surface area (Å²) in [5, 5.41) is 1.06. The lowest BCUT2D eigenvalue weighted by atomic mass is 9.95. The van der Waals surface area contributed by atoms with Crippen molar-refractivity contribution < 1.29 is 13.5 Å². The second kappa shape index (κ2) is 7.30. The number of halogens is 1. The minimum Gasteiger partial charge on any atom is -0.477 e. The van der Waals surface area contributed by atoms with Crippen molar-refractivity contribution in [3.05, 3.63) is 74.4 Å². The van der Waals surface area contributed by atoms with E-state index in [9.17, 15) is 9.18 Å². The minimum atomic E-state index is -0.224. The number of nitrogens with zero attached hydrogens (tertiary/aromatic N) is 1. The molecule has 2 aromatic carbocycles. The van der Waals surface area contributed by atoms with Gasteiger partial charge in [0.25, 0.3) is 0 Å². The van der Waals surface area contributed by atoms with E-state index in [4.69, 9.17) is 9.15 Å². The first-order valence-electron chi connectivity index (χ1n) is 10.3. The maximum atomic E-state index is 13.2. The summed E-state index contributed by atoms with van der Waals surface area (Å²) in [7, 11) is 0. The van der Waals surface area contributed by atoms with Crippen molar-refractivity contribution in [2.45, 2.75) is 52.1 Å². The first kappa shape index (κ1) is 18.4. The van der Waals surface area contributed by atoms with E-state index in [2.05, 4.69) is 11.0 Å². The molecule has 1 aliphatic heterocycles. The molecule has 3 aromatic rings. The van der Waals surface area contributed by atoms with Crippen LogP contribution in [0.25, 0.3) is 11.0 Å². The van der Waals surface area contributed by atoms with Crippen LogP contribution < -0.4 is 10.4 Å². The molecule has 1 aliphatic carbocycles. The molecule has 1 aromatic heterocycles. The van der Waals surface area contributed by atoms with Gasteiger partial charge in [-0.15, -0.1) is 0 Å². The number of fused-ring (bicyclic) bond motifs is 4. The Morgan fingerprint density at radius 2 is 1.83 bits per heavy atom. The lowest BCUT2D eigenvalue weighted by Crippen LogP contribution is -2.32. The lowest BCUT2D eigenvalue weighted by Gasteiger charge is -2.30. The highest BCUT2D eigenvalue weighted by Gasteiger charge is 2.25. The smallest absolute Gasteiger partial charge is 0.339 e. The maximum Gasteiger partial charge on any atom is 0.339 e. The predicted octanol–water partition coefficient (Wildman–Crippen LogP) is 4.86. The molecule has 0 unspecified atom stereocenters. The molecule has 0 radical (unpaired) electrons. The van der Waals surface area contributed by atoms with E-state index in [1.165, 1.54) is 12.1 Å². The second-order valence-electron chi connectivity index (χ2n) is 8.16. The Bertz CT molecular complexity index is 1130. The molecule has 5 heteroatoms. The van der Waals surface area contributed by atoms with E-state index in [0.29, 0.717) is 18.9 Å². The van der Waals surface area contributed by atoms with Crippen LogP contribution in [0.15, 0.2) is 39.5 Å². The molecule has 0 saturated carbocycles. The topological polar surface area (TPSA) is 42.7 Å². The van der Waals surface area contributed by atoms with Crippen LogP contribution in [-0.2, 0) is 25.9 Å². The van der Waals surface area contributed by atoms with Crippen molar-refractivity contribution >= 4 is 11.0 Å². The van der Waals surface area contributed by atoms with Gasteiger partial charge in [0.15, 0.2) is 0 Å². The van der Waals surface area contributed by atoms with Crippen molar-refractivity contribution in [1.82, 2.24) is 4.90 Å². The fraction of sp³-hybridized carbons (Fsp3) is 0.375. The Kier molecular flexibility index (Phi) is 4.63. The van der Waals surface area contributed by atoms with Crippen LogP contribution in [0.2, 0.25) is 0 Å². The van der Waals surface area contributed by atoms with E-state index in [0.717, 1.165) is 77.6 Å². The number of rotatable bonds is 2. The third kappa shape index (κ3) is 3.33. The second-order valence-corrected chi connectivity index (χ2v) is 8.16. The first-order chi connectivity index (χ1) is 14.1. The van der Waals surface area contributed by atoms with Crippen molar-refractivity contribution in [2.24, 2.45) is 0 Å². The minimum absolute atomic E-state index is 0.189. The molecule has 150 valence electrons. The molecular weight excluding hydrogens is 369 g/mol. The molecule has 5 rings (SSSR count). The first-order valence-corrected chi connectivity index (χ1v) is 10.3. The molecule has 0 bridgehead atoms. The Morgan fingerprint density at radius 1 is 1.07 bits per heavy atom. The summed E-state index contributed by atoms with van der Waals surface area (Å²) in [5.74, 6) is 0.600. The molecule has 2 heterocycles. The summed E-state index contributed by atoms with van der Waals surface area (Å²) < 4.78 is 25.0. The van der Waals surface area contributed by atoms with Crippen molar-refractivity contribution in [1.29, 1.82) is 0 Å². The average Bonchev–Trinajstić information content (AvgIpc) is 2.98. The van der Waals surface area contributed by atoms with Crippen LogP contribution in [0.1, 0.15) is 47.1 Å². The Morgan fingerprint density at radius 3 is 2.62 bits per heavy atom. The normalized spacial score (nSPS) is 16.8. The standard InChI is InChI=1S/C24H24FNO3/c1-15-22-17(13-26(14-28-22)12-16-7-9-18(25)10-8-16)11-21-19-5-3-2-4-6-20(19)24(27)29-23(15)21/h7-11H,2-6,12-14H2,1H3. The highest BCUT2D eigenvalue weighted by molar-refractivity contribution is 5.87. The van der Waals surface area contributed by atoms with Crippen molar-refractivity contribution in [3.63, 3.8) is 0 Å². The highest BCUT2D eigenvalue weighted by Crippen LogP contribution is 2.37. The van der Waals surface area contributed by atoms with Gasteiger partial charge in [0.1, 0.15) is 23.9 Å². The van der Waals surface area contributed by atoms with Crippen LogP contribution >= 0.6 is 0 Å². The fourth-order valence-electron chi connectivity index (χ4n) is 4.68. The molecule has 4 nitrogen and oxygen atoms in total. The van der Waals surface area contributed by atoms with Gasteiger partial charge in [-0.3, -0.25) is 4.90 Å². The Labute approximate surface area is 168 Å². The van der Waals surface area contributed by atoms with Crippen LogP contribution in [0.5, 0.6) is 5.75 Å². The summed E-state index contributed by atoms with van der Waals surface area (Å²) >= 11 is 0. The van der Waals surface area contributed by atoms with E-state index in [1.807, 2.05) is 19.1 Å². The van der Waals surface area contributed by atoms with Crippen LogP contribution in [0, 0.1) is 12.7 Å². The molecule has 0 saturated heterocycles. The summed E-state index contributed by atoms with van der Waals surface area (Å²) in [6, 6.07) is 8.75. The average molecular weight is 393 g/mol. The predicted molar refractivity (Wildman–Crippen MR) is 110 cm³/mol. The van der Waals surface area contributed by atoms with Gasteiger partial charge >= 0.3 is 5.63 Å². The lowest BCUT2D eigenvalue weighted by molar-refractivity contribution is 0.0881. The number of hydrogen-bond donors (Lipinski definition) is 0. The summed E-state index contributed by atoms with van der Waals surface area (Å²) in [6.07, 6.45) is 5.03. The zero-order chi connectivity index (χ0) is 20.0. The Hall–Kier alpha value is -2.66. The number of hydrogen-bond acceptors (Lipinski definition) is 4. The number of ether oxygens (including phenoxy) is 1. The van der Waals surface area contributed by atoms with E-state index >= 15 is 0 Å². The molecule has 0 spiro atoms. The van der Waals surface area contributed by atoms with E-state index in [1.54, 1.807) is 0 Å². The zero-order valence-electron chi connectivity index (χ0n) is 16.6. The largest absolute Gasteiger partial charge is 0.477 e.